The third-order valence-electron chi connectivity index (χ3n) is 12.1. The van der Waals surface area contributed by atoms with Gasteiger partial charge in [0, 0.05) is 48.3 Å². The number of carbonyl (C=O) groups excluding carboxylic acids is 9. The van der Waals surface area contributed by atoms with Crippen LogP contribution >= 0.6 is 21.6 Å². The molecule has 30 nitrogen and oxygen atoms in total. The highest BCUT2D eigenvalue weighted by Crippen LogP contribution is 2.48. The molecule has 1 aromatic rings. The number of guanidine groups is 2. The van der Waals surface area contributed by atoms with E-state index in [9.17, 15) is 63.0 Å². The number of nitrogens with two attached hydrogens (primary N) is 4. The zero-order chi connectivity index (χ0) is 58.0. The Morgan fingerprint density at radius 1 is 0.705 bits per heavy atom. The number of nitrogens with one attached hydrogen (secondary N) is 10. The van der Waals surface area contributed by atoms with Crippen LogP contribution in [0.5, 0.6) is 0 Å². The van der Waals surface area contributed by atoms with Crippen LogP contribution in [0.3, 0.4) is 0 Å². The molecule has 434 valence electrons. The minimum absolute atomic E-state index is 0.000743. The van der Waals surface area contributed by atoms with E-state index in [1.807, 2.05) is 0 Å². The lowest BCUT2D eigenvalue weighted by Gasteiger charge is -2.36. The average Bonchev–Trinajstić information content (AvgIpc) is 3.88. The van der Waals surface area contributed by atoms with Crippen LogP contribution in [0.1, 0.15) is 104 Å². The van der Waals surface area contributed by atoms with Crippen LogP contribution in [0.2, 0.25) is 0 Å². The number of hydrogen-bond acceptors (Lipinski definition) is 16. The zero-order valence-electron chi connectivity index (χ0n) is 43.9. The molecule has 1 saturated heterocycles. The number of rotatable bonds is 17. The second-order valence-electron chi connectivity index (χ2n) is 19.2. The standard InChI is InChI=1S/C46H75N17O13S2/c1-24(2)15-29-39(71)61-28(10-8-14-53-45(49)50)38(70)63-32(42(74)57-25(3)43(75)76)22-77-78-46(11-5-4-6-12-46)18-33(64)54-20-34(65)58-30(16-26-19-51-23-56-26)40(72)60-27(9-7-13-52-44(47)48)37(69)55-21-35(66)59-31(17-36(67)68)41(73)62-29/h19,23-25,27-32H,4-18,20-22H2,1-3H3,(H,51,56)(H,54,64)(H,55,69)(H,57,74)(H,58,65)(H,59,66)(H,60,72)(H,61,71)(H,62,73)(H,63,70)(H,67,68)(H,75,76)(H4,47,48,52)(H4,49,50,53)/t25-,27-,28-,29+,30+,31-,32-/m0/s1. The Labute approximate surface area is 458 Å². The molecule has 32 heteroatoms. The molecule has 1 saturated carbocycles. The number of imidazole rings is 1. The number of aliphatic carboxylic acids is 2. The fourth-order valence-electron chi connectivity index (χ4n) is 8.13. The molecule has 2 fully saturated rings. The van der Waals surface area contributed by atoms with Gasteiger partial charge in [-0.15, -0.1) is 0 Å². The molecule has 0 bridgehead atoms. The first-order valence-electron chi connectivity index (χ1n) is 25.3. The Hall–Kier alpha value is -7.38. The molecular formula is C46H75N17O13S2. The van der Waals surface area contributed by atoms with Crippen molar-refractivity contribution in [3.8, 4) is 0 Å². The van der Waals surface area contributed by atoms with Gasteiger partial charge in [-0.25, -0.2) is 4.98 Å². The lowest BCUT2D eigenvalue weighted by atomic mass is 9.85. The summed E-state index contributed by atoms with van der Waals surface area (Å²) >= 11 is 0. The number of aliphatic imine (C=N–C) groups is 2. The second-order valence-corrected chi connectivity index (χ2v) is 22.1. The fourth-order valence-corrected chi connectivity index (χ4v) is 11.5. The van der Waals surface area contributed by atoms with Gasteiger partial charge in [-0.2, -0.15) is 0 Å². The summed E-state index contributed by atoms with van der Waals surface area (Å²) in [6, 6.07) is -10.3. The monoisotopic (exact) mass is 1140 g/mol. The van der Waals surface area contributed by atoms with Crippen LogP contribution in [0.15, 0.2) is 22.5 Å². The van der Waals surface area contributed by atoms with E-state index in [0.717, 1.165) is 30.1 Å². The number of carboxylic acids is 2. The van der Waals surface area contributed by atoms with Crippen molar-refractivity contribution >= 4 is 98.6 Å². The number of nitrogens with zero attached hydrogens (tertiary/aromatic N) is 3. The van der Waals surface area contributed by atoms with E-state index in [1.165, 1.54) is 30.2 Å². The van der Waals surface area contributed by atoms with E-state index in [4.69, 9.17) is 22.9 Å². The van der Waals surface area contributed by atoms with E-state index in [2.05, 4.69) is 67.8 Å². The van der Waals surface area contributed by atoms with E-state index in [-0.39, 0.29) is 81.6 Å². The molecule has 0 unspecified atom stereocenters. The number of aromatic amines is 1. The highest BCUT2D eigenvalue weighted by molar-refractivity contribution is 8.77. The predicted molar refractivity (Wildman–Crippen MR) is 287 cm³/mol. The molecule has 1 aliphatic carbocycles. The fraction of sp³-hybridized carbons (Fsp3) is 0.652. The summed E-state index contributed by atoms with van der Waals surface area (Å²) in [6.45, 7) is 3.25. The maximum absolute atomic E-state index is 14.3. The molecule has 78 heavy (non-hydrogen) atoms. The minimum atomic E-state index is -1.83. The Morgan fingerprint density at radius 2 is 1.24 bits per heavy atom. The molecule has 0 radical (unpaired) electrons. The van der Waals surface area contributed by atoms with E-state index >= 15 is 0 Å². The molecule has 7 atom stereocenters. The van der Waals surface area contributed by atoms with Gasteiger partial charge >= 0.3 is 11.9 Å². The number of carbonyl (C=O) groups is 11. The van der Waals surface area contributed by atoms with Crippen LogP contribution in [-0.2, 0) is 59.2 Å². The molecule has 2 aliphatic rings. The van der Waals surface area contributed by atoms with Gasteiger partial charge in [0.1, 0.15) is 42.3 Å². The van der Waals surface area contributed by atoms with Crippen molar-refractivity contribution in [3.05, 3.63) is 18.2 Å². The van der Waals surface area contributed by atoms with Crippen molar-refractivity contribution in [3.63, 3.8) is 0 Å². The highest BCUT2D eigenvalue weighted by atomic mass is 33.1. The quantitative estimate of drug-likeness (QED) is 0.0304. The highest BCUT2D eigenvalue weighted by Gasteiger charge is 2.38. The normalized spacial score (nSPS) is 23.3. The van der Waals surface area contributed by atoms with Crippen LogP contribution in [0.4, 0.5) is 0 Å². The summed E-state index contributed by atoms with van der Waals surface area (Å²) in [5, 5.41) is 41.9. The lowest BCUT2D eigenvalue weighted by molar-refractivity contribution is -0.142. The molecule has 0 aromatic carbocycles. The molecule has 1 aliphatic heterocycles. The Kier molecular flexibility index (Phi) is 27.5. The second kappa shape index (κ2) is 33.0. The van der Waals surface area contributed by atoms with E-state index in [0.29, 0.717) is 18.5 Å². The Morgan fingerprint density at radius 3 is 1.79 bits per heavy atom. The first-order chi connectivity index (χ1) is 36.9. The minimum Gasteiger partial charge on any atom is -0.481 e. The van der Waals surface area contributed by atoms with Gasteiger partial charge in [0.05, 0.1) is 25.8 Å². The van der Waals surface area contributed by atoms with Crippen molar-refractivity contribution in [1.82, 2.24) is 57.8 Å². The van der Waals surface area contributed by atoms with E-state index in [1.54, 1.807) is 13.8 Å². The maximum Gasteiger partial charge on any atom is 0.325 e. The van der Waals surface area contributed by atoms with Gasteiger partial charge in [0.2, 0.25) is 53.2 Å². The summed E-state index contributed by atoms with van der Waals surface area (Å²) in [7, 11) is 2.42. The summed E-state index contributed by atoms with van der Waals surface area (Å²) in [5.74, 6) is -11.8. The van der Waals surface area contributed by atoms with Gasteiger partial charge in [0.25, 0.3) is 0 Å². The van der Waals surface area contributed by atoms with Crippen molar-refractivity contribution in [2.45, 2.75) is 151 Å². The van der Waals surface area contributed by atoms with Crippen molar-refractivity contribution in [2.24, 2.45) is 38.8 Å². The van der Waals surface area contributed by atoms with Gasteiger partial charge in [-0.3, -0.25) is 62.7 Å². The molecule has 1 aromatic heterocycles. The average molecular weight is 1140 g/mol. The molecular weight excluding hydrogens is 1060 g/mol. The maximum atomic E-state index is 14.3. The van der Waals surface area contributed by atoms with Crippen LogP contribution in [0, 0.1) is 5.92 Å². The van der Waals surface area contributed by atoms with Crippen LogP contribution < -0.4 is 70.8 Å². The summed E-state index contributed by atoms with van der Waals surface area (Å²) in [5.41, 5.74) is 22.3. The van der Waals surface area contributed by atoms with Gasteiger partial charge in [0.15, 0.2) is 11.9 Å². The number of carboxylic acid groups (broad SMARTS) is 2. The Balaban J connectivity index is 2.10. The predicted octanol–water partition coefficient (Wildman–Crippen LogP) is -4.20. The van der Waals surface area contributed by atoms with Crippen LogP contribution in [-0.4, -0.2) is 176 Å². The van der Waals surface area contributed by atoms with Crippen molar-refractivity contribution in [1.29, 1.82) is 0 Å². The molecule has 1 spiro atoms. The van der Waals surface area contributed by atoms with E-state index < -0.39 is 132 Å². The topological polar surface area (TPSA) is 494 Å². The SMILES string of the molecule is CC(C)C[C@H]1NC(=O)[C@H](CC(=O)O)NC(=O)CNC(=O)[C@H](CCCN=C(N)N)NC(=O)[C@@H](Cc2cnc[nH]2)NC(=O)CNC(=O)CC2(CCCCC2)SSC[C@@H](C(=O)N[C@@H](C)C(=O)O)NC(=O)[C@H](CCCN=C(N)N)NC1=O. The molecule has 2 heterocycles. The number of aromatic nitrogens is 2. The number of H-pyrrole nitrogens is 1. The Bertz CT molecular complexity index is 2310. The third kappa shape index (κ3) is 24.3. The largest absolute Gasteiger partial charge is 0.481 e. The summed E-state index contributed by atoms with van der Waals surface area (Å²) < 4.78 is -0.731. The van der Waals surface area contributed by atoms with Gasteiger partial charge < -0.3 is 86.0 Å². The smallest absolute Gasteiger partial charge is 0.325 e. The van der Waals surface area contributed by atoms with Crippen molar-refractivity contribution in [2.75, 3.05) is 31.9 Å². The number of hydrogen-bond donors (Lipinski definition) is 16. The summed E-state index contributed by atoms with van der Waals surface area (Å²) in [6.07, 6.45) is 4.89. The van der Waals surface area contributed by atoms with Crippen molar-refractivity contribution < 1.29 is 63.0 Å². The molecule has 3 rings (SSSR count). The third-order valence-corrected chi connectivity index (χ3v) is 15.4. The van der Waals surface area contributed by atoms with Gasteiger partial charge in [-0.1, -0.05) is 54.7 Å². The number of amides is 9. The molecule has 9 amide bonds. The first-order valence-corrected chi connectivity index (χ1v) is 27.7. The van der Waals surface area contributed by atoms with Crippen LogP contribution in [0.25, 0.3) is 0 Å². The van der Waals surface area contributed by atoms with Gasteiger partial charge in [-0.05, 0) is 57.8 Å². The zero-order valence-corrected chi connectivity index (χ0v) is 45.5. The molecule has 20 N–H and O–H groups in total. The summed E-state index contributed by atoms with van der Waals surface area (Å²) in [4.78, 5) is 163. The first kappa shape index (κ1) is 64.9. The lowest BCUT2D eigenvalue weighted by Crippen LogP contribution is -2.59.